The van der Waals surface area contributed by atoms with Gasteiger partial charge in [-0.05, 0) is 46.5 Å². The summed E-state index contributed by atoms with van der Waals surface area (Å²) < 4.78 is 5.33. The number of amides is 2. The summed E-state index contributed by atoms with van der Waals surface area (Å²) in [6.07, 6.45) is 1.70. The first-order chi connectivity index (χ1) is 12.6. The third-order valence-electron chi connectivity index (χ3n) is 4.17. The van der Waals surface area contributed by atoms with Crippen molar-refractivity contribution in [3.05, 3.63) is 0 Å². The highest BCUT2D eigenvalue weighted by Gasteiger charge is 2.22. The number of hydrogen-bond acceptors (Lipinski definition) is 4. The molecule has 0 radical (unpaired) electrons. The molecule has 1 fully saturated rings. The number of nitrogens with zero attached hydrogens (tertiary/aromatic N) is 2. The van der Waals surface area contributed by atoms with Crippen LogP contribution in [0.1, 0.15) is 54.4 Å². The molecule has 0 aliphatic carbocycles. The summed E-state index contributed by atoms with van der Waals surface area (Å²) in [5, 5.41) is 9.25. The van der Waals surface area contributed by atoms with Crippen LogP contribution in [-0.2, 0) is 9.53 Å². The molecule has 1 rings (SSSR count). The summed E-state index contributed by atoms with van der Waals surface area (Å²) in [5.41, 5.74) is -0.536. The molecule has 0 aromatic rings. The number of carbonyl (C=O) groups excluding carboxylic acids is 2. The van der Waals surface area contributed by atoms with Crippen molar-refractivity contribution in [1.29, 1.82) is 0 Å². The van der Waals surface area contributed by atoms with Gasteiger partial charge in [0.1, 0.15) is 12.1 Å². The molecule has 8 nitrogen and oxygen atoms in total. The SMILES string of the molecule is CCNC(=NCC(=O)N1CCCC1)NCC(NC(=O)OC(C)(C)C)C(C)C.I. The first kappa shape index (κ1) is 26.7. The number of likely N-dealkylation sites (tertiary alicyclic amines) is 1. The van der Waals surface area contributed by atoms with Gasteiger partial charge in [-0.15, -0.1) is 24.0 Å². The third-order valence-corrected chi connectivity index (χ3v) is 4.17. The van der Waals surface area contributed by atoms with E-state index in [4.69, 9.17) is 4.74 Å². The Balaban J connectivity index is 0.00000729. The molecule has 0 aromatic carbocycles. The second-order valence-corrected chi connectivity index (χ2v) is 8.16. The van der Waals surface area contributed by atoms with Gasteiger partial charge in [-0.1, -0.05) is 13.8 Å². The average molecular weight is 511 g/mol. The fraction of sp³-hybridized carbons (Fsp3) is 0.842. The second kappa shape index (κ2) is 13.1. The fourth-order valence-corrected chi connectivity index (χ4v) is 2.67. The molecule has 1 aliphatic heterocycles. The van der Waals surface area contributed by atoms with Crippen LogP contribution in [0.25, 0.3) is 0 Å². The Morgan fingerprint density at radius 3 is 2.25 bits per heavy atom. The van der Waals surface area contributed by atoms with E-state index in [2.05, 4.69) is 20.9 Å². The van der Waals surface area contributed by atoms with Gasteiger partial charge < -0.3 is 25.6 Å². The van der Waals surface area contributed by atoms with Crippen LogP contribution in [-0.4, -0.2) is 67.2 Å². The van der Waals surface area contributed by atoms with Crippen LogP contribution in [0.2, 0.25) is 0 Å². The quantitative estimate of drug-likeness (QED) is 0.277. The molecule has 0 bridgehead atoms. The van der Waals surface area contributed by atoms with Crippen LogP contribution >= 0.6 is 24.0 Å². The van der Waals surface area contributed by atoms with Crippen LogP contribution in [0.5, 0.6) is 0 Å². The summed E-state index contributed by atoms with van der Waals surface area (Å²) in [6.45, 7) is 14.5. The van der Waals surface area contributed by atoms with Crippen LogP contribution in [0.4, 0.5) is 4.79 Å². The molecule has 28 heavy (non-hydrogen) atoms. The number of rotatable bonds is 7. The highest BCUT2D eigenvalue weighted by atomic mass is 127. The van der Waals surface area contributed by atoms with E-state index in [1.54, 1.807) is 0 Å². The summed E-state index contributed by atoms with van der Waals surface area (Å²) in [7, 11) is 0. The Labute approximate surface area is 186 Å². The molecule has 3 N–H and O–H groups in total. The lowest BCUT2D eigenvalue weighted by Crippen LogP contribution is -2.50. The number of alkyl carbamates (subject to hydrolysis) is 1. The molecular formula is C19H38IN5O3. The Bertz CT molecular complexity index is 514. The number of guanidine groups is 1. The predicted molar refractivity (Wildman–Crippen MR) is 123 cm³/mol. The van der Waals surface area contributed by atoms with Gasteiger partial charge >= 0.3 is 6.09 Å². The van der Waals surface area contributed by atoms with E-state index in [1.807, 2.05) is 46.4 Å². The Morgan fingerprint density at radius 2 is 1.75 bits per heavy atom. The number of aliphatic imine (C=N–C) groups is 1. The van der Waals surface area contributed by atoms with Gasteiger partial charge in [-0.2, -0.15) is 0 Å². The van der Waals surface area contributed by atoms with Crippen LogP contribution in [0.15, 0.2) is 4.99 Å². The Kier molecular flexibility index (Phi) is 12.5. The Morgan fingerprint density at radius 1 is 1.14 bits per heavy atom. The molecule has 1 unspecified atom stereocenters. The number of halogens is 1. The summed E-state index contributed by atoms with van der Waals surface area (Å²) in [4.78, 5) is 30.5. The molecule has 9 heteroatoms. The zero-order valence-corrected chi connectivity index (χ0v) is 20.5. The van der Waals surface area contributed by atoms with Gasteiger partial charge in [0, 0.05) is 26.2 Å². The van der Waals surface area contributed by atoms with Gasteiger partial charge in [0.05, 0.1) is 6.04 Å². The molecule has 1 aliphatic rings. The van der Waals surface area contributed by atoms with Crippen molar-refractivity contribution < 1.29 is 14.3 Å². The number of hydrogen-bond donors (Lipinski definition) is 3. The van der Waals surface area contributed by atoms with Gasteiger partial charge in [0.25, 0.3) is 0 Å². The highest BCUT2D eigenvalue weighted by Crippen LogP contribution is 2.09. The monoisotopic (exact) mass is 511 g/mol. The first-order valence-electron chi connectivity index (χ1n) is 9.92. The largest absolute Gasteiger partial charge is 0.444 e. The van der Waals surface area contributed by atoms with Crippen LogP contribution in [0, 0.1) is 5.92 Å². The second-order valence-electron chi connectivity index (χ2n) is 8.16. The van der Waals surface area contributed by atoms with Gasteiger partial charge in [-0.25, -0.2) is 9.79 Å². The predicted octanol–water partition coefficient (Wildman–Crippen LogP) is 2.33. The van der Waals surface area contributed by atoms with Gasteiger partial charge in [-0.3, -0.25) is 4.79 Å². The lowest BCUT2D eigenvalue weighted by Gasteiger charge is -2.26. The van der Waals surface area contributed by atoms with E-state index in [9.17, 15) is 9.59 Å². The molecular weight excluding hydrogens is 473 g/mol. The summed E-state index contributed by atoms with van der Waals surface area (Å²) in [6, 6.07) is -0.127. The van der Waals surface area contributed by atoms with E-state index >= 15 is 0 Å². The third kappa shape index (κ3) is 10.9. The minimum atomic E-state index is -0.536. The van der Waals surface area contributed by atoms with Crippen LogP contribution in [0.3, 0.4) is 0 Å². The van der Waals surface area contributed by atoms with E-state index in [-0.39, 0.29) is 48.4 Å². The number of ether oxygens (including phenoxy) is 1. The lowest BCUT2D eigenvalue weighted by molar-refractivity contribution is -0.128. The van der Waals surface area contributed by atoms with Crippen molar-refractivity contribution in [2.75, 3.05) is 32.7 Å². The first-order valence-corrected chi connectivity index (χ1v) is 9.92. The normalized spacial score (nSPS) is 15.7. The molecule has 1 heterocycles. The molecule has 1 atom stereocenters. The molecule has 0 aromatic heterocycles. The number of carbonyl (C=O) groups is 2. The lowest BCUT2D eigenvalue weighted by atomic mass is 10.0. The standard InChI is InChI=1S/C19H37N5O3.HI/c1-7-20-17(22-13-16(25)24-10-8-9-11-24)21-12-15(14(2)3)23-18(26)27-19(4,5)6;/h14-15H,7-13H2,1-6H3,(H,23,26)(H2,20,21,22);1H. The molecule has 0 spiro atoms. The van der Waals surface area contributed by atoms with Crippen molar-refractivity contribution in [3.8, 4) is 0 Å². The van der Waals surface area contributed by atoms with Crippen molar-refractivity contribution in [2.45, 2.75) is 66.0 Å². The van der Waals surface area contributed by atoms with Crippen molar-refractivity contribution in [2.24, 2.45) is 10.9 Å². The molecule has 2 amide bonds. The maximum atomic E-state index is 12.2. The van der Waals surface area contributed by atoms with E-state index in [1.165, 1.54) is 0 Å². The smallest absolute Gasteiger partial charge is 0.407 e. The van der Waals surface area contributed by atoms with Gasteiger partial charge in [0.15, 0.2) is 5.96 Å². The minimum absolute atomic E-state index is 0. The molecule has 0 saturated carbocycles. The van der Waals surface area contributed by atoms with Crippen molar-refractivity contribution >= 4 is 41.9 Å². The minimum Gasteiger partial charge on any atom is -0.444 e. The average Bonchev–Trinajstić information content (AvgIpc) is 3.08. The highest BCUT2D eigenvalue weighted by molar-refractivity contribution is 14.0. The van der Waals surface area contributed by atoms with E-state index in [0.29, 0.717) is 19.0 Å². The summed E-state index contributed by atoms with van der Waals surface area (Å²) in [5.74, 6) is 0.831. The van der Waals surface area contributed by atoms with E-state index in [0.717, 1.165) is 25.9 Å². The maximum absolute atomic E-state index is 12.2. The topological polar surface area (TPSA) is 95.1 Å². The van der Waals surface area contributed by atoms with E-state index < -0.39 is 11.7 Å². The van der Waals surface area contributed by atoms with Crippen molar-refractivity contribution in [3.63, 3.8) is 0 Å². The maximum Gasteiger partial charge on any atom is 0.407 e. The van der Waals surface area contributed by atoms with Crippen LogP contribution < -0.4 is 16.0 Å². The van der Waals surface area contributed by atoms with Crippen molar-refractivity contribution in [1.82, 2.24) is 20.9 Å². The molecule has 164 valence electrons. The molecule has 1 saturated heterocycles. The zero-order chi connectivity index (χ0) is 20.4. The number of nitrogens with one attached hydrogen (secondary N) is 3. The zero-order valence-electron chi connectivity index (χ0n) is 18.1. The Hall–Kier alpha value is -1.26. The fourth-order valence-electron chi connectivity index (χ4n) is 2.67. The van der Waals surface area contributed by atoms with Gasteiger partial charge in [0.2, 0.25) is 5.91 Å². The summed E-state index contributed by atoms with van der Waals surface area (Å²) >= 11 is 0.